The van der Waals surface area contributed by atoms with E-state index in [1.807, 2.05) is 4.57 Å². The quantitative estimate of drug-likeness (QED) is 0.281. The van der Waals surface area contributed by atoms with Gasteiger partial charge in [-0.15, -0.1) is 27.0 Å². The molecule has 0 aliphatic rings. The lowest BCUT2D eigenvalue weighted by Gasteiger charge is -2.08. The summed E-state index contributed by atoms with van der Waals surface area (Å²) in [6.45, 7) is 4.63. The van der Waals surface area contributed by atoms with Crippen molar-refractivity contribution in [1.82, 2.24) is 25.0 Å². The van der Waals surface area contributed by atoms with E-state index >= 15 is 0 Å². The van der Waals surface area contributed by atoms with Crippen LogP contribution in [0.3, 0.4) is 0 Å². The van der Waals surface area contributed by atoms with Gasteiger partial charge in [-0.3, -0.25) is 4.57 Å². The molecule has 0 atom stereocenters. The van der Waals surface area contributed by atoms with E-state index < -0.39 is 0 Å². The van der Waals surface area contributed by atoms with Gasteiger partial charge in [0.1, 0.15) is 12.4 Å². The molecule has 4 rings (SSSR count). The Kier molecular flexibility index (Phi) is 5.97. The third-order valence-corrected chi connectivity index (χ3v) is 5.01. The minimum atomic E-state index is 0.270. The van der Waals surface area contributed by atoms with Crippen molar-refractivity contribution >= 4 is 23.4 Å². The summed E-state index contributed by atoms with van der Waals surface area (Å²) in [5.41, 5.74) is 0. The van der Waals surface area contributed by atoms with Gasteiger partial charge in [-0.1, -0.05) is 29.4 Å². The van der Waals surface area contributed by atoms with Gasteiger partial charge in [0, 0.05) is 11.6 Å². The Labute approximate surface area is 175 Å². The fraction of sp³-hybridized carbons (Fsp3) is 0.158. The van der Waals surface area contributed by atoms with Crippen molar-refractivity contribution in [2.45, 2.75) is 24.1 Å². The molecule has 1 aromatic carbocycles. The molecule has 0 N–H and O–H groups in total. The molecular formula is C19H16ClN5O3S. The first-order valence-corrected chi connectivity index (χ1v) is 9.99. The molecule has 10 heteroatoms. The fourth-order valence-electron chi connectivity index (χ4n) is 2.46. The van der Waals surface area contributed by atoms with Crippen LogP contribution in [0, 0.1) is 0 Å². The Bertz CT molecular complexity index is 1080. The molecule has 3 heterocycles. The number of hydrogen-bond acceptors (Lipinski definition) is 8. The first-order valence-electron chi connectivity index (χ1n) is 8.63. The average Bonchev–Trinajstić information content (AvgIpc) is 3.48. The first-order chi connectivity index (χ1) is 14.2. The van der Waals surface area contributed by atoms with E-state index in [1.54, 1.807) is 48.7 Å². The summed E-state index contributed by atoms with van der Waals surface area (Å²) in [5.74, 6) is 3.17. The lowest BCUT2D eigenvalue weighted by atomic mass is 10.3. The summed E-state index contributed by atoms with van der Waals surface area (Å²) in [6.07, 6.45) is 3.33. The van der Waals surface area contributed by atoms with Crippen LogP contribution in [-0.4, -0.2) is 25.0 Å². The first kappa shape index (κ1) is 19.3. The molecule has 3 aromatic heterocycles. The molecule has 0 fully saturated rings. The van der Waals surface area contributed by atoms with Crippen LogP contribution in [0.15, 0.2) is 69.3 Å². The van der Waals surface area contributed by atoms with Crippen LogP contribution >= 0.6 is 23.4 Å². The predicted octanol–water partition coefficient (Wildman–Crippen LogP) is 4.63. The SMILES string of the molecule is C=CCn1c(COc2ccc(Cl)cc2)nnc1SCc1nnc(-c2ccco2)o1. The molecule has 0 aliphatic heterocycles. The van der Waals surface area contributed by atoms with Crippen molar-refractivity contribution in [3.05, 3.63) is 72.1 Å². The molecule has 0 aliphatic carbocycles. The molecular weight excluding hydrogens is 414 g/mol. The molecule has 0 saturated heterocycles. The number of aromatic nitrogens is 5. The smallest absolute Gasteiger partial charge is 0.283 e. The highest BCUT2D eigenvalue weighted by Gasteiger charge is 2.15. The van der Waals surface area contributed by atoms with Gasteiger partial charge in [0.15, 0.2) is 16.7 Å². The van der Waals surface area contributed by atoms with Crippen LogP contribution in [0.5, 0.6) is 5.75 Å². The molecule has 0 radical (unpaired) electrons. The van der Waals surface area contributed by atoms with Crippen molar-refractivity contribution in [2.24, 2.45) is 0 Å². The number of allylic oxidation sites excluding steroid dienone is 1. The van der Waals surface area contributed by atoms with Gasteiger partial charge in [0.05, 0.1) is 12.0 Å². The number of furan rings is 1. The minimum Gasteiger partial charge on any atom is -0.486 e. The fourth-order valence-corrected chi connectivity index (χ4v) is 3.39. The average molecular weight is 430 g/mol. The maximum Gasteiger partial charge on any atom is 0.283 e. The molecule has 29 heavy (non-hydrogen) atoms. The molecule has 8 nitrogen and oxygen atoms in total. The molecule has 148 valence electrons. The number of ether oxygens (including phenoxy) is 1. The van der Waals surface area contributed by atoms with Crippen LogP contribution < -0.4 is 4.74 Å². The normalized spacial score (nSPS) is 10.9. The highest BCUT2D eigenvalue weighted by Crippen LogP contribution is 2.25. The summed E-state index contributed by atoms with van der Waals surface area (Å²) >= 11 is 7.33. The summed E-state index contributed by atoms with van der Waals surface area (Å²) in [7, 11) is 0. The summed E-state index contributed by atoms with van der Waals surface area (Å²) < 4.78 is 18.6. The topological polar surface area (TPSA) is 92.0 Å². The van der Waals surface area contributed by atoms with Crippen LogP contribution in [0.25, 0.3) is 11.7 Å². The van der Waals surface area contributed by atoms with Gasteiger partial charge in [-0.2, -0.15) is 0 Å². The number of thioether (sulfide) groups is 1. The van der Waals surface area contributed by atoms with Crippen molar-refractivity contribution in [2.75, 3.05) is 0 Å². The minimum absolute atomic E-state index is 0.270. The van der Waals surface area contributed by atoms with Crippen molar-refractivity contribution in [3.63, 3.8) is 0 Å². The van der Waals surface area contributed by atoms with Gasteiger partial charge in [-0.25, -0.2) is 0 Å². The van der Waals surface area contributed by atoms with E-state index in [-0.39, 0.29) is 6.61 Å². The zero-order valence-corrected chi connectivity index (χ0v) is 16.8. The lowest BCUT2D eigenvalue weighted by Crippen LogP contribution is -2.07. The van der Waals surface area contributed by atoms with Crippen LogP contribution in [0.1, 0.15) is 11.7 Å². The monoisotopic (exact) mass is 429 g/mol. The molecule has 0 amide bonds. The molecule has 0 saturated carbocycles. The largest absolute Gasteiger partial charge is 0.486 e. The second kappa shape index (κ2) is 8.97. The maximum atomic E-state index is 5.90. The lowest BCUT2D eigenvalue weighted by molar-refractivity contribution is 0.289. The highest BCUT2D eigenvalue weighted by molar-refractivity contribution is 7.98. The third kappa shape index (κ3) is 4.69. The van der Waals surface area contributed by atoms with E-state index in [0.717, 1.165) is 0 Å². The Morgan fingerprint density at radius 2 is 2.00 bits per heavy atom. The molecule has 0 spiro atoms. The van der Waals surface area contributed by atoms with E-state index in [0.29, 0.717) is 51.6 Å². The van der Waals surface area contributed by atoms with Crippen LogP contribution in [0.4, 0.5) is 0 Å². The van der Waals surface area contributed by atoms with Crippen LogP contribution in [0.2, 0.25) is 5.02 Å². The van der Waals surface area contributed by atoms with Crippen molar-refractivity contribution in [1.29, 1.82) is 0 Å². The second-order valence-corrected chi connectivity index (χ2v) is 7.19. The number of rotatable bonds is 9. The van der Waals surface area contributed by atoms with Crippen LogP contribution in [-0.2, 0) is 18.9 Å². The Morgan fingerprint density at radius 3 is 2.76 bits per heavy atom. The third-order valence-electron chi connectivity index (χ3n) is 3.81. The van der Waals surface area contributed by atoms with Gasteiger partial charge in [0.2, 0.25) is 5.89 Å². The number of benzene rings is 1. The van der Waals surface area contributed by atoms with Gasteiger partial charge in [-0.05, 0) is 36.4 Å². The highest BCUT2D eigenvalue weighted by atomic mass is 35.5. The van der Waals surface area contributed by atoms with E-state index in [4.69, 9.17) is 25.2 Å². The van der Waals surface area contributed by atoms with E-state index in [2.05, 4.69) is 27.0 Å². The van der Waals surface area contributed by atoms with Gasteiger partial charge < -0.3 is 13.6 Å². The molecule has 4 aromatic rings. The Hall–Kier alpha value is -3.04. The predicted molar refractivity (Wildman–Crippen MR) is 108 cm³/mol. The van der Waals surface area contributed by atoms with E-state index in [9.17, 15) is 0 Å². The number of halogens is 1. The van der Waals surface area contributed by atoms with E-state index in [1.165, 1.54) is 11.8 Å². The Balaban J connectivity index is 1.42. The van der Waals surface area contributed by atoms with Gasteiger partial charge in [0.25, 0.3) is 5.89 Å². The van der Waals surface area contributed by atoms with Crippen molar-refractivity contribution < 1.29 is 13.6 Å². The maximum absolute atomic E-state index is 5.90. The summed E-state index contributed by atoms with van der Waals surface area (Å²) in [6, 6.07) is 10.7. The zero-order chi connectivity index (χ0) is 20.1. The number of nitrogens with zero attached hydrogens (tertiary/aromatic N) is 5. The second-order valence-electron chi connectivity index (χ2n) is 5.81. The molecule has 0 unspecified atom stereocenters. The number of hydrogen-bond donors (Lipinski definition) is 0. The standard InChI is InChI=1S/C19H16ClN5O3S/c1-2-9-25-16(11-27-14-7-5-13(20)6-8-14)21-24-19(25)29-12-17-22-23-18(28-17)15-4-3-10-26-15/h2-8,10H,1,9,11-12H2. The molecule has 0 bridgehead atoms. The summed E-state index contributed by atoms with van der Waals surface area (Å²) in [5, 5.41) is 17.9. The zero-order valence-electron chi connectivity index (χ0n) is 15.2. The summed E-state index contributed by atoms with van der Waals surface area (Å²) in [4.78, 5) is 0. The van der Waals surface area contributed by atoms with Crippen molar-refractivity contribution in [3.8, 4) is 17.4 Å². The van der Waals surface area contributed by atoms with Gasteiger partial charge >= 0.3 is 0 Å². The Morgan fingerprint density at radius 1 is 1.14 bits per heavy atom.